The lowest BCUT2D eigenvalue weighted by Gasteiger charge is -2.27. The van der Waals surface area contributed by atoms with Crippen LogP contribution in [0.5, 0.6) is 0 Å². The number of carbonyl (C=O) groups is 1. The molecule has 3 nitrogen and oxygen atoms in total. The Morgan fingerprint density at radius 1 is 1.36 bits per heavy atom. The Kier molecular flexibility index (Phi) is 2.39. The molecule has 0 radical (unpaired) electrons. The van der Waals surface area contributed by atoms with Crippen LogP contribution in [-0.2, 0) is 0 Å². The molecule has 1 aromatic carbocycles. The molecule has 74 valence electrons. The van der Waals surface area contributed by atoms with Gasteiger partial charge in [0.1, 0.15) is 0 Å². The van der Waals surface area contributed by atoms with Gasteiger partial charge in [0, 0.05) is 5.69 Å². The van der Waals surface area contributed by atoms with Gasteiger partial charge in [-0.1, -0.05) is 24.6 Å². The Morgan fingerprint density at radius 2 is 2.07 bits per heavy atom. The molecule has 1 aromatic rings. The molecule has 0 atom stereocenters. The van der Waals surface area contributed by atoms with Crippen molar-refractivity contribution >= 4 is 11.8 Å². The highest BCUT2D eigenvalue weighted by Gasteiger charge is 2.22. The SMILES string of the molecule is O=C(O)Nc1ccccc1C1CCC1. The molecule has 0 saturated heterocycles. The first-order valence-corrected chi connectivity index (χ1v) is 4.86. The number of hydrogen-bond donors (Lipinski definition) is 2. The van der Waals surface area contributed by atoms with Crippen LogP contribution in [0.1, 0.15) is 30.7 Å². The van der Waals surface area contributed by atoms with E-state index in [1.54, 1.807) is 0 Å². The summed E-state index contributed by atoms with van der Waals surface area (Å²) < 4.78 is 0. The van der Waals surface area contributed by atoms with Crippen molar-refractivity contribution in [2.75, 3.05) is 5.32 Å². The number of carboxylic acid groups (broad SMARTS) is 1. The normalized spacial score (nSPS) is 16.0. The highest BCUT2D eigenvalue weighted by atomic mass is 16.4. The molecule has 1 aliphatic rings. The van der Waals surface area contributed by atoms with Crippen LogP contribution in [0.3, 0.4) is 0 Å². The first-order chi connectivity index (χ1) is 6.77. The van der Waals surface area contributed by atoms with Gasteiger partial charge in [-0.05, 0) is 30.4 Å². The maximum atomic E-state index is 10.5. The smallest absolute Gasteiger partial charge is 0.409 e. The molecular formula is C11H13NO2. The summed E-state index contributed by atoms with van der Waals surface area (Å²) in [5.41, 5.74) is 1.88. The van der Waals surface area contributed by atoms with Gasteiger partial charge in [0.05, 0.1) is 0 Å². The summed E-state index contributed by atoms with van der Waals surface area (Å²) in [6, 6.07) is 7.64. The summed E-state index contributed by atoms with van der Waals surface area (Å²) in [5.74, 6) is 0.554. The Hall–Kier alpha value is -1.51. The van der Waals surface area contributed by atoms with Gasteiger partial charge in [-0.3, -0.25) is 5.32 Å². The molecule has 0 unspecified atom stereocenters. The van der Waals surface area contributed by atoms with Crippen molar-refractivity contribution in [1.29, 1.82) is 0 Å². The third-order valence-electron chi connectivity index (χ3n) is 2.75. The van der Waals surface area contributed by atoms with Gasteiger partial charge in [0.25, 0.3) is 0 Å². The Bertz CT molecular complexity index is 345. The molecule has 3 heteroatoms. The molecule has 0 spiro atoms. The van der Waals surface area contributed by atoms with Crippen molar-refractivity contribution in [3.63, 3.8) is 0 Å². The Morgan fingerprint density at radius 3 is 2.64 bits per heavy atom. The minimum Gasteiger partial charge on any atom is -0.465 e. The molecule has 0 heterocycles. The first kappa shape index (κ1) is 9.06. The number of nitrogens with one attached hydrogen (secondary N) is 1. The molecular weight excluding hydrogens is 178 g/mol. The highest BCUT2D eigenvalue weighted by Crippen LogP contribution is 2.39. The van der Waals surface area contributed by atoms with E-state index >= 15 is 0 Å². The van der Waals surface area contributed by atoms with Crippen molar-refractivity contribution in [2.45, 2.75) is 25.2 Å². The predicted octanol–water partition coefficient (Wildman–Crippen LogP) is 3.04. The van der Waals surface area contributed by atoms with Crippen molar-refractivity contribution in [1.82, 2.24) is 0 Å². The molecule has 0 aliphatic heterocycles. The van der Waals surface area contributed by atoms with E-state index in [2.05, 4.69) is 5.32 Å². The molecule has 2 rings (SSSR count). The maximum absolute atomic E-state index is 10.5. The lowest BCUT2D eigenvalue weighted by atomic mass is 9.79. The number of para-hydroxylation sites is 1. The van der Waals surface area contributed by atoms with Crippen LogP contribution in [-0.4, -0.2) is 11.2 Å². The maximum Gasteiger partial charge on any atom is 0.409 e. The highest BCUT2D eigenvalue weighted by molar-refractivity contribution is 5.84. The standard InChI is InChI=1S/C11H13NO2/c13-11(14)12-10-7-2-1-6-9(10)8-4-3-5-8/h1-2,6-8,12H,3-5H2,(H,13,14). The van der Waals surface area contributed by atoms with E-state index in [4.69, 9.17) is 5.11 Å². The molecule has 14 heavy (non-hydrogen) atoms. The van der Waals surface area contributed by atoms with Crippen LogP contribution in [0.25, 0.3) is 0 Å². The topological polar surface area (TPSA) is 49.3 Å². The van der Waals surface area contributed by atoms with E-state index in [0.717, 1.165) is 11.3 Å². The van der Waals surface area contributed by atoms with Crippen molar-refractivity contribution in [3.8, 4) is 0 Å². The zero-order chi connectivity index (χ0) is 9.97. The van der Waals surface area contributed by atoms with Crippen LogP contribution in [0.15, 0.2) is 24.3 Å². The molecule has 1 saturated carbocycles. The largest absolute Gasteiger partial charge is 0.465 e. The molecule has 1 amide bonds. The molecule has 1 aliphatic carbocycles. The monoisotopic (exact) mass is 191 g/mol. The second kappa shape index (κ2) is 3.70. The zero-order valence-corrected chi connectivity index (χ0v) is 7.86. The zero-order valence-electron chi connectivity index (χ0n) is 7.86. The second-order valence-corrected chi connectivity index (χ2v) is 3.65. The molecule has 2 N–H and O–H groups in total. The van der Waals surface area contributed by atoms with Crippen LogP contribution >= 0.6 is 0 Å². The summed E-state index contributed by atoms with van der Waals surface area (Å²) in [6.45, 7) is 0. The fourth-order valence-electron chi connectivity index (χ4n) is 1.80. The quantitative estimate of drug-likeness (QED) is 0.754. The van der Waals surface area contributed by atoms with E-state index in [9.17, 15) is 4.79 Å². The Balaban J connectivity index is 2.23. The first-order valence-electron chi connectivity index (χ1n) is 4.86. The van der Waals surface area contributed by atoms with Crippen LogP contribution in [0, 0.1) is 0 Å². The van der Waals surface area contributed by atoms with Crippen molar-refractivity contribution in [3.05, 3.63) is 29.8 Å². The van der Waals surface area contributed by atoms with E-state index in [1.807, 2.05) is 24.3 Å². The van der Waals surface area contributed by atoms with Crippen molar-refractivity contribution < 1.29 is 9.90 Å². The minimum absolute atomic E-state index is 0.554. The fraction of sp³-hybridized carbons (Fsp3) is 0.364. The van der Waals surface area contributed by atoms with E-state index in [0.29, 0.717) is 5.92 Å². The number of rotatable bonds is 2. The van der Waals surface area contributed by atoms with Gasteiger partial charge >= 0.3 is 6.09 Å². The Labute approximate surface area is 82.8 Å². The minimum atomic E-state index is -0.989. The van der Waals surface area contributed by atoms with Crippen LogP contribution in [0.4, 0.5) is 10.5 Å². The van der Waals surface area contributed by atoms with E-state index < -0.39 is 6.09 Å². The van der Waals surface area contributed by atoms with Crippen molar-refractivity contribution in [2.24, 2.45) is 0 Å². The van der Waals surface area contributed by atoms with Gasteiger partial charge in [-0.15, -0.1) is 0 Å². The summed E-state index contributed by atoms with van der Waals surface area (Å²) in [5, 5.41) is 11.1. The number of benzene rings is 1. The summed E-state index contributed by atoms with van der Waals surface area (Å²) in [6.07, 6.45) is 2.62. The van der Waals surface area contributed by atoms with Crippen LogP contribution in [0.2, 0.25) is 0 Å². The van der Waals surface area contributed by atoms with Gasteiger partial charge in [-0.2, -0.15) is 0 Å². The average molecular weight is 191 g/mol. The van der Waals surface area contributed by atoms with Crippen LogP contribution < -0.4 is 5.32 Å². The van der Waals surface area contributed by atoms with Gasteiger partial charge < -0.3 is 5.11 Å². The number of anilines is 1. The second-order valence-electron chi connectivity index (χ2n) is 3.65. The van der Waals surface area contributed by atoms with Gasteiger partial charge in [0.2, 0.25) is 0 Å². The van der Waals surface area contributed by atoms with Gasteiger partial charge in [-0.25, -0.2) is 4.79 Å². The molecule has 0 bridgehead atoms. The molecule has 1 fully saturated rings. The van der Waals surface area contributed by atoms with Gasteiger partial charge in [0.15, 0.2) is 0 Å². The van der Waals surface area contributed by atoms with E-state index in [1.165, 1.54) is 19.3 Å². The third kappa shape index (κ3) is 1.71. The lowest BCUT2D eigenvalue weighted by Crippen LogP contribution is -2.14. The average Bonchev–Trinajstić information content (AvgIpc) is 2.04. The fourth-order valence-corrected chi connectivity index (χ4v) is 1.80. The van der Waals surface area contributed by atoms with E-state index in [-0.39, 0.29) is 0 Å². The molecule has 0 aromatic heterocycles. The number of hydrogen-bond acceptors (Lipinski definition) is 1. The summed E-state index contributed by atoms with van der Waals surface area (Å²) >= 11 is 0. The summed E-state index contributed by atoms with van der Waals surface area (Å²) in [7, 11) is 0. The summed E-state index contributed by atoms with van der Waals surface area (Å²) in [4.78, 5) is 10.5. The lowest BCUT2D eigenvalue weighted by molar-refractivity contribution is 0.209. The predicted molar refractivity (Wildman–Crippen MR) is 54.7 cm³/mol. The third-order valence-corrected chi connectivity index (χ3v) is 2.75. The number of amides is 1.